The average Bonchev–Trinajstić information content (AvgIpc) is 2.72. The SMILES string of the molecule is Cc1cccc(C(=O)NCc2nc(C)no2)c1. The van der Waals surface area contributed by atoms with Gasteiger partial charge in [-0.3, -0.25) is 4.79 Å². The van der Waals surface area contributed by atoms with Crippen molar-refractivity contribution in [3.05, 3.63) is 47.1 Å². The van der Waals surface area contributed by atoms with Crippen LogP contribution in [0.25, 0.3) is 0 Å². The molecule has 0 aliphatic carbocycles. The largest absolute Gasteiger partial charge is 0.343 e. The Morgan fingerprint density at radius 1 is 1.41 bits per heavy atom. The summed E-state index contributed by atoms with van der Waals surface area (Å²) in [7, 11) is 0. The van der Waals surface area contributed by atoms with Crippen molar-refractivity contribution in [3.8, 4) is 0 Å². The van der Waals surface area contributed by atoms with Crippen molar-refractivity contribution in [2.45, 2.75) is 20.4 Å². The van der Waals surface area contributed by atoms with E-state index in [0.29, 0.717) is 17.3 Å². The number of aromatic nitrogens is 2. The molecule has 1 aromatic heterocycles. The normalized spacial score (nSPS) is 10.2. The fraction of sp³-hybridized carbons (Fsp3) is 0.250. The van der Waals surface area contributed by atoms with Gasteiger partial charge in [0.2, 0.25) is 5.89 Å². The molecule has 0 radical (unpaired) electrons. The number of amides is 1. The van der Waals surface area contributed by atoms with Crippen LogP contribution in [0.5, 0.6) is 0 Å². The topological polar surface area (TPSA) is 68.0 Å². The number of nitrogens with one attached hydrogen (secondary N) is 1. The van der Waals surface area contributed by atoms with Gasteiger partial charge in [0.1, 0.15) is 0 Å². The van der Waals surface area contributed by atoms with Crippen LogP contribution in [0.15, 0.2) is 28.8 Å². The molecule has 2 aromatic rings. The minimum atomic E-state index is -0.149. The summed E-state index contributed by atoms with van der Waals surface area (Å²) in [6, 6.07) is 7.38. The summed E-state index contributed by atoms with van der Waals surface area (Å²) >= 11 is 0. The molecule has 5 nitrogen and oxygen atoms in total. The number of aryl methyl sites for hydroxylation is 2. The van der Waals surface area contributed by atoms with Crippen molar-refractivity contribution in [1.29, 1.82) is 0 Å². The Kier molecular flexibility index (Phi) is 3.18. The van der Waals surface area contributed by atoms with E-state index in [1.165, 1.54) is 0 Å². The summed E-state index contributed by atoms with van der Waals surface area (Å²) in [6.45, 7) is 3.92. The molecule has 0 unspecified atom stereocenters. The molecule has 17 heavy (non-hydrogen) atoms. The third-order valence-electron chi connectivity index (χ3n) is 2.25. The maximum atomic E-state index is 11.8. The van der Waals surface area contributed by atoms with Crippen LogP contribution >= 0.6 is 0 Å². The first-order valence-electron chi connectivity index (χ1n) is 5.29. The van der Waals surface area contributed by atoms with E-state index in [4.69, 9.17) is 4.52 Å². The predicted octanol–water partition coefficient (Wildman–Crippen LogP) is 1.62. The number of rotatable bonds is 3. The van der Waals surface area contributed by atoms with Gasteiger partial charge >= 0.3 is 0 Å². The summed E-state index contributed by atoms with van der Waals surface area (Å²) in [5.41, 5.74) is 1.67. The predicted molar refractivity (Wildman–Crippen MR) is 61.4 cm³/mol. The van der Waals surface area contributed by atoms with Crippen LogP contribution in [-0.2, 0) is 6.54 Å². The Morgan fingerprint density at radius 3 is 2.88 bits per heavy atom. The van der Waals surface area contributed by atoms with E-state index in [9.17, 15) is 4.79 Å². The van der Waals surface area contributed by atoms with Gasteiger partial charge in [-0.2, -0.15) is 4.98 Å². The second-order valence-corrected chi connectivity index (χ2v) is 3.79. The summed E-state index contributed by atoms with van der Waals surface area (Å²) in [5, 5.41) is 6.36. The lowest BCUT2D eigenvalue weighted by Gasteiger charge is -2.02. The number of hydrogen-bond acceptors (Lipinski definition) is 4. The van der Waals surface area contributed by atoms with Crippen LogP contribution in [0, 0.1) is 13.8 Å². The molecule has 0 aliphatic rings. The molecule has 88 valence electrons. The van der Waals surface area contributed by atoms with E-state index in [1.807, 2.05) is 25.1 Å². The van der Waals surface area contributed by atoms with Crippen LogP contribution in [0.1, 0.15) is 27.6 Å². The Labute approximate surface area is 98.8 Å². The minimum absolute atomic E-state index is 0.149. The third-order valence-corrected chi connectivity index (χ3v) is 2.25. The molecule has 0 aliphatic heterocycles. The van der Waals surface area contributed by atoms with E-state index in [0.717, 1.165) is 5.56 Å². The van der Waals surface area contributed by atoms with Crippen molar-refractivity contribution in [2.75, 3.05) is 0 Å². The van der Waals surface area contributed by atoms with Crippen molar-refractivity contribution < 1.29 is 9.32 Å². The molecular formula is C12H13N3O2. The molecule has 0 saturated carbocycles. The monoisotopic (exact) mass is 231 g/mol. The van der Waals surface area contributed by atoms with Crippen LogP contribution < -0.4 is 5.32 Å². The molecule has 0 bridgehead atoms. The van der Waals surface area contributed by atoms with Gasteiger partial charge in [0.15, 0.2) is 5.82 Å². The molecular weight excluding hydrogens is 218 g/mol. The smallest absolute Gasteiger partial charge is 0.251 e. The van der Waals surface area contributed by atoms with E-state index in [1.54, 1.807) is 13.0 Å². The van der Waals surface area contributed by atoms with Crippen LogP contribution in [0.4, 0.5) is 0 Å². The Bertz CT molecular complexity index is 534. The molecule has 0 fully saturated rings. The van der Waals surface area contributed by atoms with Crippen molar-refractivity contribution in [2.24, 2.45) is 0 Å². The van der Waals surface area contributed by atoms with Gasteiger partial charge in [-0.05, 0) is 26.0 Å². The molecule has 1 heterocycles. The molecule has 0 atom stereocenters. The number of nitrogens with zero attached hydrogens (tertiary/aromatic N) is 2. The summed E-state index contributed by atoms with van der Waals surface area (Å²) in [4.78, 5) is 15.8. The van der Waals surface area contributed by atoms with Crippen molar-refractivity contribution >= 4 is 5.91 Å². The number of carbonyl (C=O) groups is 1. The average molecular weight is 231 g/mol. The highest BCUT2D eigenvalue weighted by Gasteiger charge is 2.07. The molecule has 2 rings (SSSR count). The lowest BCUT2D eigenvalue weighted by molar-refractivity contribution is 0.0946. The summed E-state index contributed by atoms with van der Waals surface area (Å²) in [6.07, 6.45) is 0. The molecule has 1 N–H and O–H groups in total. The molecule has 1 aromatic carbocycles. The molecule has 0 saturated heterocycles. The second kappa shape index (κ2) is 4.78. The van der Waals surface area contributed by atoms with E-state index in [2.05, 4.69) is 15.5 Å². The second-order valence-electron chi connectivity index (χ2n) is 3.79. The number of hydrogen-bond donors (Lipinski definition) is 1. The van der Waals surface area contributed by atoms with Gasteiger partial charge in [0, 0.05) is 5.56 Å². The minimum Gasteiger partial charge on any atom is -0.343 e. The zero-order valence-corrected chi connectivity index (χ0v) is 9.73. The standard InChI is InChI=1S/C12H13N3O2/c1-8-4-3-5-10(6-8)12(16)13-7-11-14-9(2)15-17-11/h3-6H,7H2,1-2H3,(H,13,16). The lowest BCUT2D eigenvalue weighted by Crippen LogP contribution is -2.22. The van der Waals surface area contributed by atoms with Gasteiger partial charge in [-0.15, -0.1) is 0 Å². The van der Waals surface area contributed by atoms with Crippen molar-refractivity contribution in [1.82, 2.24) is 15.5 Å². The third kappa shape index (κ3) is 2.90. The van der Waals surface area contributed by atoms with E-state index < -0.39 is 0 Å². The first-order valence-corrected chi connectivity index (χ1v) is 5.29. The fourth-order valence-corrected chi connectivity index (χ4v) is 1.46. The van der Waals surface area contributed by atoms with Crippen molar-refractivity contribution in [3.63, 3.8) is 0 Å². The van der Waals surface area contributed by atoms with E-state index in [-0.39, 0.29) is 12.5 Å². The number of benzene rings is 1. The maximum Gasteiger partial charge on any atom is 0.251 e. The van der Waals surface area contributed by atoms with Crippen LogP contribution in [-0.4, -0.2) is 16.0 Å². The summed E-state index contributed by atoms with van der Waals surface area (Å²) < 4.78 is 4.90. The first kappa shape index (κ1) is 11.3. The molecule has 1 amide bonds. The lowest BCUT2D eigenvalue weighted by atomic mass is 10.1. The van der Waals surface area contributed by atoms with Crippen LogP contribution in [0.3, 0.4) is 0 Å². The first-order chi connectivity index (χ1) is 8.15. The fourth-order valence-electron chi connectivity index (χ4n) is 1.46. The zero-order valence-electron chi connectivity index (χ0n) is 9.73. The highest BCUT2D eigenvalue weighted by atomic mass is 16.5. The molecule has 0 spiro atoms. The van der Waals surface area contributed by atoms with Gasteiger partial charge in [0.25, 0.3) is 5.91 Å². The maximum absolute atomic E-state index is 11.8. The van der Waals surface area contributed by atoms with Crippen LogP contribution in [0.2, 0.25) is 0 Å². The Hall–Kier alpha value is -2.17. The van der Waals surface area contributed by atoms with Gasteiger partial charge in [0.05, 0.1) is 6.54 Å². The number of carbonyl (C=O) groups excluding carboxylic acids is 1. The van der Waals surface area contributed by atoms with E-state index >= 15 is 0 Å². The Balaban J connectivity index is 1.98. The van der Waals surface area contributed by atoms with Gasteiger partial charge < -0.3 is 9.84 Å². The highest BCUT2D eigenvalue weighted by Crippen LogP contribution is 2.04. The van der Waals surface area contributed by atoms with Gasteiger partial charge in [-0.25, -0.2) is 0 Å². The quantitative estimate of drug-likeness (QED) is 0.871. The zero-order chi connectivity index (χ0) is 12.3. The Morgan fingerprint density at radius 2 is 2.24 bits per heavy atom. The highest BCUT2D eigenvalue weighted by molar-refractivity contribution is 5.94. The van der Waals surface area contributed by atoms with Gasteiger partial charge in [-0.1, -0.05) is 22.9 Å². The summed E-state index contributed by atoms with van der Waals surface area (Å²) in [5.74, 6) is 0.817. The molecule has 5 heteroatoms.